The number of hydrogen-bond acceptors (Lipinski definition) is 4. The van der Waals surface area contributed by atoms with Gasteiger partial charge in [-0.2, -0.15) is 0 Å². The minimum atomic E-state index is -0.461. The zero-order valence-corrected chi connectivity index (χ0v) is 14.5. The molecule has 1 aliphatic heterocycles. The molecule has 0 saturated carbocycles. The molecule has 0 radical (unpaired) electrons. The van der Waals surface area contributed by atoms with Gasteiger partial charge in [-0.1, -0.05) is 30.3 Å². The number of fused-ring (bicyclic) bond motifs is 1. The van der Waals surface area contributed by atoms with Crippen LogP contribution >= 0.6 is 0 Å². The van der Waals surface area contributed by atoms with E-state index in [4.69, 9.17) is 15.2 Å². The first-order chi connectivity index (χ1) is 13.1. The first-order valence-electron chi connectivity index (χ1n) is 8.61. The van der Waals surface area contributed by atoms with Crippen LogP contribution in [0, 0.1) is 0 Å². The van der Waals surface area contributed by atoms with Crippen LogP contribution < -0.4 is 20.8 Å². The Labute approximate surface area is 155 Å². The van der Waals surface area contributed by atoms with E-state index in [-0.39, 0.29) is 11.7 Å². The Kier molecular flexibility index (Phi) is 4.38. The molecule has 0 fully saturated rings. The van der Waals surface area contributed by atoms with Crippen LogP contribution in [0.1, 0.15) is 15.9 Å². The van der Waals surface area contributed by atoms with Crippen LogP contribution in [0.15, 0.2) is 65.6 Å². The van der Waals surface area contributed by atoms with E-state index in [1.165, 1.54) is 6.07 Å². The first kappa shape index (κ1) is 16.9. The third kappa shape index (κ3) is 3.42. The van der Waals surface area contributed by atoms with Crippen molar-refractivity contribution in [2.75, 3.05) is 6.61 Å². The maximum atomic E-state index is 11.6. The molecule has 0 spiro atoms. The van der Waals surface area contributed by atoms with Crippen molar-refractivity contribution in [2.45, 2.75) is 12.5 Å². The molecule has 1 aromatic heterocycles. The highest BCUT2D eigenvalue weighted by Crippen LogP contribution is 2.41. The lowest BCUT2D eigenvalue weighted by atomic mass is 10.00. The van der Waals surface area contributed by atoms with Crippen LogP contribution in [-0.4, -0.2) is 23.6 Å². The van der Waals surface area contributed by atoms with Gasteiger partial charge in [0.2, 0.25) is 11.5 Å². The zero-order valence-electron chi connectivity index (χ0n) is 14.5. The number of benzene rings is 2. The van der Waals surface area contributed by atoms with Gasteiger partial charge in [0.05, 0.1) is 0 Å². The fourth-order valence-electron chi connectivity index (χ4n) is 3.22. The minimum absolute atomic E-state index is 0.165. The van der Waals surface area contributed by atoms with E-state index in [1.807, 2.05) is 30.3 Å². The van der Waals surface area contributed by atoms with E-state index in [0.717, 1.165) is 16.7 Å². The van der Waals surface area contributed by atoms with Crippen molar-refractivity contribution < 1.29 is 14.3 Å². The fraction of sp³-hybridized carbons (Fsp3) is 0.143. The van der Waals surface area contributed by atoms with Crippen LogP contribution in [0.25, 0.3) is 11.1 Å². The van der Waals surface area contributed by atoms with Crippen molar-refractivity contribution in [1.82, 2.24) is 4.98 Å². The molecule has 27 heavy (non-hydrogen) atoms. The Bertz CT molecular complexity index is 1040. The number of ether oxygens (including phenoxy) is 2. The van der Waals surface area contributed by atoms with Crippen LogP contribution in [0.4, 0.5) is 0 Å². The van der Waals surface area contributed by atoms with Crippen molar-refractivity contribution in [2.24, 2.45) is 5.73 Å². The Morgan fingerprint density at radius 2 is 1.96 bits per heavy atom. The molecule has 3 N–H and O–H groups in total. The van der Waals surface area contributed by atoms with E-state index in [1.54, 1.807) is 24.4 Å². The van der Waals surface area contributed by atoms with Gasteiger partial charge in [-0.15, -0.1) is 0 Å². The molecule has 1 aliphatic rings. The monoisotopic (exact) mass is 362 g/mol. The van der Waals surface area contributed by atoms with E-state index in [9.17, 15) is 9.59 Å². The third-order valence-corrected chi connectivity index (χ3v) is 4.51. The van der Waals surface area contributed by atoms with Gasteiger partial charge in [-0.25, -0.2) is 0 Å². The summed E-state index contributed by atoms with van der Waals surface area (Å²) in [5.74, 6) is 0.812. The summed E-state index contributed by atoms with van der Waals surface area (Å²) in [4.78, 5) is 25.7. The molecule has 1 amide bonds. The van der Waals surface area contributed by atoms with E-state index in [0.29, 0.717) is 30.1 Å². The number of primary amides is 1. The summed E-state index contributed by atoms with van der Waals surface area (Å²) in [6, 6.07) is 16.1. The maximum absolute atomic E-state index is 11.6. The number of nitrogens with one attached hydrogen (secondary N) is 1. The predicted molar refractivity (Wildman–Crippen MR) is 101 cm³/mol. The van der Waals surface area contributed by atoms with Gasteiger partial charge >= 0.3 is 0 Å². The molecule has 0 saturated heterocycles. The second-order valence-electron chi connectivity index (χ2n) is 6.35. The summed E-state index contributed by atoms with van der Waals surface area (Å²) in [7, 11) is 0. The number of pyridine rings is 1. The number of amides is 1. The Hall–Kier alpha value is -3.54. The lowest BCUT2D eigenvalue weighted by molar-refractivity contribution is 0.0911. The van der Waals surface area contributed by atoms with Crippen molar-refractivity contribution in [3.8, 4) is 22.6 Å². The minimum Gasteiger partial charge on any atom is -0.486 e. The summed E-state index contributed by atoms with van der Waals surface area (Å²) in [5.41, 5.74) is 8.27. The molecule has 136 valence electrons. The van der Waals surface area contributed by atoms with Crippen LogP contribution in [0.5, 0.6) is 11.5 Å². The SMILES string of the molecule is NC(=O)c1ccccc1CC1COc2cccc(-c3ccc(=O)[nH]c3)c2O1. The molecule has 0 aliphatic carbocycles. The number of aromatic amines is 1. The van der Waals surface area contributed by atoms with Gasteiger partial charge in [0, 0.05) is 35.4 Å². The van der Waals surface area contributed by atoms with Gasteiger partial charge in [0.1, 0.15) is 12.7 Å². The summed E-state index contributed by atoms with van der Waals surface area (Å²) < 4.78 is 12.1. The van der Waals surface area contributed by atoms with Crippen molar-refractivity contribution in [3.05, 3.63) is 82.3 Å². The standard InChI is InChI=1S/C21H18N2O4/c22-21(25)17-5-2-1-4-13(17)10-15-12-26-18-7-3-6-16(20(18)27-15)14-8-9-19(24)23-11-14/h1-9,11,15H,10,12H2,(H2,22,25)(H,23,24). The van der Waals surface area contributed by atoms with Gasteiger partial charge in [0.15, 0.2) is 11.5 Å². The van der Waals surface area contributed by atoms with Crippen LogP contribution in [-0.2, 0) is 6.42 Å². The number of rotatable bonds is 4. The van der Waals surface area contributed by atoms with Gasteiger partial charge < -0.3 is 20.2 Å². The molecule has 6 nitrogen and oxygen atoms in total. The fourth-order valence-corrected chi connectivity index (χ4v) is 3.22. The number of nitrogens with two attached hydrogens (primary N) is 1. The summed E-state index contributed by atoms with van der Waals surface area (Å²) in [5, 5.41) is 0. The number of H-pyrrole nitrogens is 1. The van der Waals surface area contributed by atoms with Crippen molar-refractivity contribution >= 4 is 5.91 Å². The highest BCUT2D eigenvalue weighted by atomic mass is 16.6. The van der Waals surface area contributed by atoms with Crippen molar-refractivity contribution in [1.29, 1.82) is 0 Å². The second kappa shape index (κ2) is 6.99. The highest BCUT2D eigenvalue weighted by molar-refractivity contribution is 5.94. The molecule has 2 heterocycles. The Morgan fingerprint density at radius 3 is 2.74 bits per heavy atom. The van der Waals surface area contributed by atoms with E-state index in [2.05, 4.69) is 4.98 Å². The maximum Gasteiger partial charge on any atom is 0.248 e. The lowest BCUT2D eigenvalue weighted by Crippen LogP contribution is -2.32. The molecular weight excluding hydrogens is 344 g/mol. The van der Waals surface area contributed by atoms with Gasteiger partial charge in [0.25, 0.3) is 0 Å². The Balaban J connectivity index is 1.64. The lowest BCUT2D eigenvalue weighted by Gasteiger charge is -2.28. The summed E-state index contributed by atoms with van der Waals surface area (Å²) >= 11 is 0. The average Bonchev–Trinajstić information content (AvgIpc) is 2.68. The van der Waals surface area contributed by atoms with Crippen LogP contribution in [0.2, 0.25) is 0 Å². The number of hydrogen-bond donors (Lipinski definition) is 2. The molecule has 1 atom stereocenters. The Morgan fingerprint density at radius 1 is 1.11 bits per heavy atom. The normalized spacial score (nSPS) is 15.3. The molecule has 4 rings (SSSR count). The molecular formula is C21H18N2O4. The number of para-hydroxylation sites is 1. The zero-order chi connectivity index (χ0) is 18.8. The smallest absolute Gasteiger partial charge is 0.248 e. The first-order valence-corrected chi connectivity index (χ1v) is 8.61. The molecule has 0 bridgehead atoms. The molecule has 1 unspecified atom stereocenters. The second-order valence-corrected chi connectivity index (χ2v) is 6.35. The largest absolute Gasteiger partial charge is 0.486 e. The van der Waals surface area contributed by atoms with Crippen molar-refractivity contribution in [3.63, 3.8) is 0 Å². The quantitative estimate of drug-likeness (QED) is 0.746. The highest BCUT2D eigenvalue weighted by Gasteiger charge is 2.25. The average molecular weight is 362 g/mol. The number of carbonyl (C=O) groups is 1. The summed E-state index contributed by atoms with van der Waals surface area (Å²) in [6.45, 7) is 0.370. The predicted octanol–water partition coefficient (Wildman–Crippen LogP) is 2.52. The van der Waals surface area contributed by atoms with E-state index < -0.39 is 5.91 Å². The third-order valence-electron chi connectivity index (χ3n) is 4.51. The van der Waals surface area contributed by atoms with Gasteiger partial charge in [-0.05, 0) is 23.8 Å². The topological polar surface area (TPSA) is 94.4 Å². The molecule has 2 aromatic carbocycles. The summed E-state index contributed by atoms with van der Waals surface area (Å²) in [6.07, 6.45) is 1.88. The number of carbonyl (C=O) groups excluding carboxylic acids is 1. The number of aromatic nitrogens is 1. The van der Waals surface area contributed by atoms with Crippen LogP contribution in [0.3, 0.4) is 0 Å². The van der Waals surface area contributed by atoms with E-state index >= 15 is 0 Å². The molecule has 6 heteroatoms. The van der Waals surface area contributed by atoms with Gasteiger partial charge in [-0.3, -0.25) is 9.59 Å². The molecule has 3 aromatic rings.